The van der Waals surface area contributed by atoms with Gasteiger partial charge < -0.3 is 4.98 Å². The molecule has 0 aliphatic heterocycles. The summed E-state index contributed by atoms with van der Waals surface area (Å²) >= 11 is 8.68. The van der Waals surface area contributed by atoms with Crippen LogP contribution in [0.2, 0.25) is 0 Å². The first-order valence-corrected chi connectivity index (χ1v) is 6.52. The largest absolute Gasteiger partial charge is 0.328 e. The van der Waals surface area contributed by atoms with Gasteiger partial charge in [-0.15, -0.1) is 0 Å². The van der Waals surface area contributed by atoms with E-state index in [9.17, 15) is 4.39 Å². The Hall–Kier alpha value is -1.46. The second-order valence-electron chi connectivity index (χ2n) is 3.88. The van der Waals surface area contributed by atoms with Crippen LogP contribution in [0.15, 0.2) is 46.9 Å². The Bertz CT molecular complexity index is 791. The van der Waals surface area contributed by atoms with E-state index in [-0.39, 0.29) is 5.82 Å². The number of halogens is 2. The number of H-pyrrole nitrogens is 1. The average Bonchev–Trinajstić information content (AvgIpc) is 2.67. The van der Waals surface area contributed by atoms with Crippen LogP contribution in [-0.2, 0) is 0 Å². The van der Waals surface area contributed by atoms with E-state index in [1.54, 1.807) is 6.07 Å². The van der Waals surface area contributed by atoms with Crippen molar-refractivity contribution in [1.82, 2.24) is 9.55 Å². The van der Waals surface area contributed by atoms with E-state index in [1.165, 1.54) is 6.07 Å². The lowest BCUT2D eigenvalue weighted by atomic mass is 10.2. The van der Waals surface area contributed by atoms with Gasteiger partial charge in [0.2, 0.25) is 0 Å². The van der Waals surface area contributed by atoms with Gasteiger partial charge in [0.15, 0.2) is 4.77 Å². The quantitative estimate of drug-likeness (QED) is 0.650. The van der Waals surface area contributed by atoms with Crippen LogP contribution in [0.1, 0.15) is 0 Å². The Morgan fingerprint density at radius 1 is 1.17 bits per heavy atom. The number of nitrogens with zero attached hydrogens (tertiary/aromatic N) is 1. The molecule has 0 radical (unpaired) electrons. The number of hydrogen-bond acceptors (Lipinski definition) is 1. The van der Waals surface area contributed by atoms with Crippen molar-refractivity contribution in [3.8, 4) is 5.69 Å². The number of nitrogens with one attached hydrogen (secondary N) is 1. The van der Waals surface area contributed by atoms with Gasteiger partial charge in [0.25, 0.3) is 0 Å². The van der Waals surface area contributed by atoms with Crippen LogP contribution >= 0.6 is 28.1 Å². The Balaban J connectivity index is 2.39. The van der Waals surface area contributed by atoms with Gasteiger partial charge in [0, 0.05) is 10.2 Å². The van der Waals surface area contributed by atoms with Gasteiger partial charge in [0.1, 0.15) is 11.3 Å². The third-order valence-electron chi connectivity index (χ3n) is 2.73. The molecule has 1 heterocycles. The molecule has 0 fully saturated rings. The van der Waals surface area contributed by atoms with E-state index >= 15 is 0 Å². The number of benzene rings is 2. The van der Waals surface area contributed by atoms with E-state index in [4.69, 9.17) is 12.2 Å². The summed E-state index contributed by atoms with van der Waals surface area (Å²) in [5, 5.41) is 0. The summed E-state index contributed by atoms with van der Waals surface area (Å²) in [6.45, 7) is 0. The van der Waals surface area contributed by atoms with Crippen molar-refractivity contribution in [2.75, 3.05) is 0 Å². The second-order valence-corrected chi connectivity index (χ2v) is 5.18. The summed E-state index contributed by atoms with van der Waals surface area (Å²) in [4.78, 5) is 2.90. The number of rotatable bonds is 1. The van der Waals surface area contributed by atoms with Gasteiger partial charge in [-0.05, 0) is 42.5 Å². The number of imidazole rings is 1. The first-order chi connectivity index (χ1) is 8.66. The molecule has 5 heteroatoms. The Kier molecular flexibility index (Phi) is 2.80. The molecule has 1 N–H and O–H groups in total. The molecule has 90 valence electrons. The van der Waals surface area contributed by atoms with Crippen molar-refractivity contribution >= 4 is 39.2 Å². The summed E-state index contributed by atoms with van der Waals surface area (Å²) < 4.78 is 16.9. The maximum absolute atomic E-state index is 13.7. The molecule has 0 unspecified atom stereocenters. The number of hydrogen-bond donors (Lipinski definition) is 1. The lowest BCUT2D eigenvalue weighted by molar-refractivity contribution is 0.637. The van der Waals surface area contributed by atoms with Gasteiger partial charge in [-0.25, -0.2) is 4.39 Å². The highest BCUT2D eigenvalue weighted by molar-refractivity contribution is 9.10. The number of aromatic amines is 1. The molecule has 0 atom stereocenters. The third kappa shape index (κ3) is 1.79. The first kappa shape index (κ1) is 11.6. The van der Waals surface area contributed by atoms with E-state index in [1.807, 2.05) is 34.9 Å². The van der Waals surface area contributed by atoms with Crippen molar-refractivity contribution in [3.63, 3.8) is 0 Å². The van der Waals surface area contributed by atoms with Crippen molar-refractivity contribution in [2.45, 2.75) is 0 Å². The molecule has 0 spiro atoms. The molecular weight excluding hydrogens is 315 g/mol. The summed E-state index contributed by atoms with van der Waals surface area (Å²) in [5.74, 6) is -0.299. The smallest absolute Gasteiger partial charge is 0.182 e. The maximum Gasteiger partial charge on any atom is 0.182 e. The van der Waals surface area contributed by atoms with Gasteiger partial charge in [-0.3, -0.25) is 4.57 Å². The van der Waals surface area contributed by atoms with Crippen LogP contribution in [0.5, 0.6) is 0 Å². The molecule has 0 amide bonds. The zero-order valence-corrected chi connectivity index (χ0v) is 11.6. The number of aromatic nitrogens is 2. The zero-order valence-electron chi connectivity index (χ0n) is 9.15. The maximum atomic E-state index is 13.7. The highest BCUT2D eigenvalue weighted by atomic mass is 79.9. The standard InChI is InChI=1S/C13H8BrFN2S/c14-8-3-1-4-9(7-8)17-11-6-2-5-10(15)12(11)16-13(17)18/h1-7H,(H,16,18). The van der Waals surface area contributed by atoms with Gasteiger partial charge >= 0.3 is 0 Å². The summed E-state index contributed by atoms with van der Waals surface area (Å²) in [6, 6.07) is 12.6. The molecule has 2 nitrogen and oxygen atoms in total. The molecule has 2 aromatic carbocycles. The van der Waals surface area contributed by atoms with Crippen LogP contribution < -0.4 is 0 Å². The third-order valence-corrected chi connectivity index (χ3v) is 3.51. The molecule has 0 saturated carbocycles. The molecular formula is C13H8BrFN2S. The van der Waals surface area contributed by atoms with E-state index < -0.39 is 0 Å². The average molecular weight is 323 g/mol. The van der Waals surface area contributed by atoms with Crippen LogP contribution in [0.25, 0.3) is 16.7 Å². The predicted molar refractivity (Wildman–Crippen MR) is 76.1 cm³/mol. The van der Waals surface area contributed by atoms with Crippen LogP contribution in [0.3, 0.4) is 0 Å². The lowest BCUT2D eigenvalue weighted by Gasteiger charge is -2.04. The molecule has 0 bridgehead atoms. The Morgan fingerprint density at radius 3 is 2.72 bits per heavy atom. The van der Waals surface area contributed by atoms with Crippen molar-refractivity contribution < 1.29 is 4.39 Å². The van der Waals surface area contributed by atoms with E-state index in [0.717, 1.165) is 15.7 Å². The molecule has 0 aliphatic rings. The molecule has 0 saturated heterocycles. The van der Waals surface area contributed by atoms with Gasteiger partial charge in [-0.2, -0.15) is 0 Å². The van der Waals surface area contributed by atoms with Crippen LogP contribution in [0.4, 0.5) is 4.39 Å². The summed E-state index contributed by atoms with van der Waals surface area (Å²) in [6.07, 6.45) is 0. The van der Waals surface area contributed by atoms with Crippen LogP contribution in [0, 0.1) is 10.6 Å². The van der Waals surface area contributed by atoms with Crippen molar-refractivity contribution in [3.05, 3.63) is 57.5 Å². The zero-order chi connectivity index (χ0) is 12.7. The summed E-state index contributed by atoms with van der Waals surface area (Å²) in [7, 11) is 0. The fourth-order valence-corrected chi connectivity index (χ4v) is 2.66. The molecule has 0 aliphatic carbocycles. The van der Waals surface area contributed by atoms with Crippen molar-refractivity contribution in [2.24, 2.45) is 0 Å². The lowest BCUT2D eigenvalue weighted by Crippen LogP contribution is -1.93. The number of fused-ring (bicyclic) bond motifs is 1. The molecule has 3 aromatic rings. The fourth-order valence-electron chi connectivity index (χ4n) is 1.97. The van der Waals surface area contributed by atoms with Gasteiger partial charge in [0.05, 0.1) is 5.52 Å². The number of para-hydroxylation sites is 1. The topological polar surface area (TPSA) is 20.7 Å². The molecule has 1 aromatic heterocycles. The Morgan fingerprint density at radius 2 is 1.94 bits per heavy atom. The highest BCUT2D eigenvalue weighted by Crippen LogP contribution is 2.23. The van der Waals surface area contributed by atoms with E-state index in [0.29, 0.717) is 10.3 Å². The van der Waals surface area contributed by atoms with Gasteiger partial charge in [-0.1, -0.05) is 28.1 Å². The minimum Gasteiger partial charge on any atom is -0.328 e. The highest BCUT2D eigenvalue weighted by Gasteiger charge is 2.09. The SMILES string of the molecule is Fc1cccc2c1[nH]c(=S)n2-c1cccc(Br)c1. The normalized spacial score (nSPS) is 11.0. The second kappa shape index (κ2) is 4.33. The Labute approximate surface area is 116 Å². The minimum atomic E-state index is -0.299. The van der Waals surface area contributed by atoms with Crippen LogP contribution in [-0.4, -0.2) is 9.55 Å². The minimum absolute atomic E-state index is 0.299. The fraction of sp³-hybridized carbons (Fsp3) is 0. The molecule has 18 heavy (non-hydrogen) atoms. The monoisotopic (exact) mass is 322 g/mol. The van der Waals surface area contributed by atoms with E-state index in [2.05, 4.69) is 20.9 Å². The van der Waals surface area contributed by atoms with Crippen molar-refractivity contribution in [1.29, 1.82) is 0 Å². The molecule has 3 rings (SSSR count). The first-order valence-electron chi connectivity index (χ1n) is 5.32. The predicted octanol–water partition coefficient (Wildman–Crippen LogP) is 4.59. The summed E-state index contributed by atoms with van der Waals surface area (Å²) in [5.41, 5.74) is 2.06.